The molecule has 0 aliphatic rings. The van der Waals surface area contributed by atoms with Crippen LogP contribution in [0.3, 0.4) is 0 Å². The largest absolute Gasteiger partial charge is 0.306 e. The molecule has 118 valence electrons. The fraction of sp³-hybridized carbons (Fsp3) is 1.00. The van der Waals surface area contributed by atoms with Crippen LogP contribution >= 0.6 is 12.4 Å². The molecule has 0 amide bonds. The molecule has 0 rings (SSSR count). The summed E-state index contributed by atoms with van der Waals surface area (Å²) in [6.07, 6.45) is 11.0. The first-order valence-electron chi connectivity index (χ1n) is 8.36. The highest BCUT2D eigenvalue weighted by Crippen LogP contribution is 2.17. The Morgan fingerprint density at radius 2 is 1.11 bits per heavy atom. The van der Waals surface area contributed by atoms with Crippen LogP contribution in [0.2, 0.25) is 0 Å². The van der Waals surface area contributed by atoms with Crippen LogP contribution in [-0.4, -0.2) is 25.0 Å². The molecule has 0 fully saturated rings. The van der Waals surface area contributed by atoms with E-state index in [1.165, 1.54) is 64.5 Å². The highest BCUT2D eigenvalue weighted by atomic mass is 35.5. The lowest BCUT2D eigenvalue weighted by molar-refractivity contribution is 0.216. The van der Waals surface area contributed by atoms with Gasteiger partial charge in [0, 0.05) is 13.1 Å². The third-order valence-corrected chi connectivity index (χ3v) is 4.23. The summed E-state index contributed by atoms with van der Waals surface area (Å²) in [5, 5.41) is 0. The summed E-state index contributed by atoms with van der Waals surface area (Å²) >= 11 is 0. The predicted molar refractivity (Wildman–Crippen MR) is 91.4 cm³/mol. The van der Waals surface area contributed by atoms with E-state index in [1.54, 1.807) is 0 Å². The van der Waals surface area contributed by atoms with Crippen LogP contribution in [-0.2, 0) is 0 Å². The van der Waals surface area contributed by atoms with E-state index in [4.69, 9.17) is 0 Å². The molecule has 0 aliphatic heterocycles. The van der Waals surface area contributed by atoms with E-state index in [2.05, 4.69) is 39.6 Å². The molecule has 0 N–H and O–H groups in total. The summed E-state index contributed by atoms with van der Waals surface area (Å²) in [7, 11) is 2.32. The zero-order valence-electron chi connectivity index (χ0n) is 14.1. The molecule has 2 heteroatoms. The maximum absolute atomic E-state index is 2.59. The Morgan fingerprint density at radius 1 is 0.737 bits per heavy atom. The van der Waals surface area contributed by atoms with Gasteiger partial charge in [0.05, 0.1) is 0 Å². The second-order valence-electron chi connectivity index (χ2n) is 6.05. The van der Waals surface area contributed by atoms with Crippen LogP contribution in [0.15, 0.2) is 0 Å². The van der Waals surface area contributed by atoms with Crippen molar-refractivity contribution in [2.45, 2.75) is 79.1 Å². The van der Waals surface area contributed by atoms with Crippen LogP contribution in [0, 0.1) is 11.8 Å². The van der Waals surface area contributed by atoms with Crippen molar-refractivity contribution in [3.05, 3.63) is 0 Å². The van der Waals surface area contributed by atoms with Gasteiger partial charge in [0.1, 0.15) is 0 Å². The van der Waals surface area contributed by atoms with Crippen LogP contribution in [0.25, 0.3) is 0 Å². The Kier molecular flexibility index (Phi) is 16.6. The molecule has 19 heavy (non-hydrogen) atoms. The van der Waals surface area contributed by atoms with Gasteiger partial charge in [-0.3, -0.25) is 0 Å². The van der Waals surface area contributed by atoms with E-state index >= 15 is 0 Å². The fourth-order valence-corrected chi connectivity index (χ4v) is 2.79. The number of rotatable bonds is 12. The smallest absolute Gasteiger partial charge is 0.000662 e. The van der Waals surface area contributed by atoms with Gasteiger partial charge in [-0.2, -0.15) is 0 Å². The van der Waals surface area contributed by atoms with Crippen molar-refractivity contribution in [2.75, 3.05) is 20.1 Å². The number of hydrogen-bond acceptors (Lipinski definition) is 1. The molecule has 0 radical (unpaired) electrons. The van der Waals surface area contributed by atoms with E-state index < -0.39 is 0 Å². The molecular formula is C17H38ClN. The van der Waals surface area contributed by atoms with Gasteiger partial charge in [0.2, 0.25) is 0 Å². The zero-order valence-corrected chi connectivity index (χ0v) is 14.9. The molecule has 0 heterocycles. The number of hydrogen-bond donors (Lipinski definition) is 0. The van der Waals surface area contributed by atoms with E-state index in [9.17, 15) is 0 Å². The zero-order chi connectivity index (χ0) is 13.8. The normalized spacial score (nSPS) is 14.2. The minimum atomic E-state index is 0. The van der Waals surface area contributed by atoms with Crippen molar-refractivity contribution in [1.82, 2.24) is 4.90 Å². The Bertz CT molecular complexity index is 155. The standard InChI is InChI=1S/C17H37N.ClH/c1-6-10-12-16(8-3)14-18(5)15-17(9-4)13-11-7-2;/h16-17H,6-15H2,1-5H3;1H. The van der Waals surface area contributed by atoms with Crippen molar-refractivity contribution in [1.29, 1.82) is 0 Å². The third-order valence-electron chi connectivity index (χ3n) is 4.23. The first-order valence-corrected chi connectivity index (χ1v) is 8.36. The van der Waals surface area contributed by atoms with Gasteiger partial charge in [0.15, 0.2) is 0 Å². The van der Waals surface area contributed by atoms with Gasteiger partial charge in [-0.1, -0.05) is 66.2 Å². The minimum Gasteiger partial charge on any atom is -0.306 e. The molecule has 0 aromatic rings. The molecule has 0 aromatic heterocycles. The summed E-state index contributed by atoms with van der Waals surface area (Å²) in [6, 6.07) is 0. The lowest BCUT2D eigenvalue weighted by atomic mass is 9.96. The third kappa shape index (κ3) is 11.8. The van der Waals surface area contributed by atoms with Gasteiger partial charge < -0.3 is 4.90 Å². The number of halogens is 1. The molecule has 1 nitrogen and oxygen atoms in total. The quantitative estimate of drug-likeness (QED) is 0.441. The van der Waals surface area contributed by atoms with Gasteiger partial charge in [-0.25, -0.2) is 0 Å². The Labute approximate surface area is 128 Å². The van der Waals surface area contributed by atoms with E-state index in [0.29, 0.717) is 0 Å². The van der Waals surface area contributed by atoms with Crippen molar-refractivity contribution in [3.63, 3.8) is 0 Å². The molecule has 0 aliphatic carbocycles. The highest BCUT2D eigenvalue weighted by molar-refractivity contribution is 5.85. The average Bonchev–Trinajstić information content (AvgIpc) is 2.39. The van der Waals surface area contributed by atoms with Crippen molar-refractivity contribution in [2.24, 2.45) is 11.8 Å². The van der Waals surface area contributed by atoms with Gasteiger partial charge >= 0.3 is 0 Å². The molecule has 0 saturated heterocycles. The monoisotopic (exact) mass is 291 g/mol. The van der Waals surface area contributed by atoms with Crippen molar-refractivity contribution >= 4 is 12.4 Å². The van der Waals surface area contributed by atoms with Crippen LogP contribution < -0.4 is 0 Å². The maximum Gasteiger partial charge on any atom is 0.000662 e. The minimum absolute atomic E-state index is 0. The topological polar surface area (TPSA) is 3.24 Å². The van der Waals surface area contributed by atoms with Gasteiger partial charge in [0.25, 0.3) is 0 Å². The Balaban J connectivity index is 0. The summed E-state index contributed by atoms with van der Waals surface area (Å²) in [5.41, 5.74) is 0. The molecule has 0 spiro atoms. The first kappa shape index (κ1) is 21.5. The Hall–Kier alpha value is 0.250. The molecule has 0 saturated carbocycles. The molecule has 0 aromatic carbocycles. The Morgan fingerprint density at radius 3 is 1.37 bits per heavy atom. The van der Waals surface area contributed by atoms with Gasteiger partial charge in [-0.15, -0.1) is 12.4 Å². The van der Waals surface area contributed by atoms with Gasteiger partial charge in [-0.05, 0) is 31.7 Å². The molecule has 2 atom stereocenters. The first-order chi connectivity index (χ1) is 8.67. The highest BCUT2D eigenvalue weighted by Gasteiger charge is 2.13. The fourth-order valence-electron chi connectivity index (χ4n) is 2.79. The number of nitrogens with zero attached hydrogens (tertiary/aromatic N) is 1. The summed E-state index contributed by atoms with van der Waals surface area (Å²) < 4.78 is 0. The maximum atomic E-state index is 2.59. The predicted octanol–water partition coefficient (Wildman–Crippen LogP) is 5.77. The average molecular weight is 292 g/mol. The SMILES string of the molecule is CCCCC(CC)CN(C)CC(CC)CCCC.Cl. The summed E-state index contributed by atoms with van der Waals surface area (Å²) in [5.74, 6) is 1.83. The van der Waals surface area contributed by atoms with Crippen LogP contribution in [0.5, 0.6) is 0 Å². The van der Waals surface area contributed by atoms with E-state index in [0.717, 1.165) is 11.8 Å². The number of unbranched alkanes of at least 4 members (excludes halogenated alkanes) is 2. The molecule has 2 unspecified atom stereocenters. The molecular weight excluding hydrogens is 254 g/mol. The van der Waals surface area contributed by atoms with Crippen molar-refractivity contribution < 1.29 is 0 Å². The van der Waals surface area contributed by atoms with E-state index in [-0.39, 0.29) is 12.4 Å². The summed E-state index contributed by atoms with van der Waals surface area (Å²) in [6.45, 7) is 11.9. The second kappa shape index (κ2) is 14.7. The summed E-state index contributed by atoms with van der Waals surface area (Å²) in [4.78, 5) is 2.59. The lowest BCUT2D eigenvalue weighted by Gasteiger charge is -2.27. The van der Waals surface area contributed by atoms with E-state index in [1.807, 2.05) is 0 Å². The van der Waals surface area contributed by atoms with Crippen LogP contribution in [0.1, 0.15) is 79.1 Å². The molecule has 0 bridgehead atoms. The second-order valence-corrected chi connectivity index (χ2v) is 6.05. The van der Waals surface area contributed by atoms with Crippen LogP contribution in [0.4, 0.5) is 0 Å². The van der Waals surface area contributed by atoms with Crippen molar-refractivity contribution in [3.8, 4) is 0 Å². The lowest BCUT2D eigenvalue weighted by Crippen LogP contribution is -2.30.